The van der Waals surface area contributed by atoms with Gasteiger partial charge in [0.05, 0.1) is 20.1 Å². The Kier molecular flexibility index (Phi) is 8.05. The second kappa shape index (κ2) is 10.7. The van der Waals surface area contributed by atoms with Crippen molar-refractivity contribution in [2.75, 3.05) is 38.6 Å². The molecule has 0 aliphatic carbocycles. The van der Waals surface area contributed by atoms with E-state index < -0.39 is 16.1 Å². The third kappa shape index (κ3) is 5.50. The van der Waals surface area contributed by atoms with Crippen LogP contribution >= 0.6 is 34.5 Å². The monoisotopic (exact) mass is 554 g/mol. The number of amides is 1. The molecule has 1 aliphatic rings. The summed E-state index contributed by atoms with van der Waals surface area (Å²) in [6.45, 7) is 3.46. The molecule has 1 aromatic heterocycles. The zero-order valence-electron chi connectivity index (χ0n) is 19.9. The minimum atomic E-state index is -3.86. The number of carbonyl (C=O) groups is 1. The van der Waals surface area contributed by atoms with Crippen molar-refractivity contribution in [1.82, 2.24) is 14.2 Å². The molecule has 1 atom stereocenters. The maximum atomic E-state index is 13.9. The second-order valence-electron chi connectivity index (χ2n) is 8.91. The zero-order valence-corrected chi connectivity index (χ0v) is 23.0. The minimum Gasteiger partial charge on any atom is -0.309 e. The van der Waals surface area contributed by atoms with Gasteiger partial charge in [0.2, 0.25) is 15.9 Å². The lowest BCUT2D eigenvalue weighted by Gasteiger charge is -2.29. The van der Waals surface area contributed by atoms with Crippen LogP contribution in [0.4, 0.5) is 5.13 Å². The van der Waals surface area contributed by atoms with Gasteiger partial charge in [-0.15, -0.1) is 0 Å². The Morgan fingerprint density at radius 3 is 2.51 bits per heavy atom. The van der Waals surface area contributed by atoms with E-state index in [1.807, 2.05) is 33.2 Å². The normalized spacial score (nSPS) is 16.9. The third-order valence-corrected chi connectivity index (χ3v) is 9.79. The summed E-state index contributed by atoms with van der Waals surface area (Å²) in [5, 5.41) is 1.58. The van der Waals surface area contributed by atoms with Gasteiger partial charge >= 0.3 is 0 Å². The van der Waals surface area contributed by atoms with Gasteiger partial charge in [-0.3, -0.25) is 9.69 Å². The largest absolute Gasteiger partial charge is 0.309 e. The number of fused-ring (bicyclic) bond motifs is 1. The van der Waals surface area contributed by atoms with E-state index >= 15 is 0 Å². The molecule has 11 heteroatoms. The number of sulfonamides is 1. The molecule has 188 valence electrons. The van der Waals surface area contributed by atoms with Crippen LogP contribution < -0.4 is 4.90 Å². The second-order valence-corrected chi connectivity index (χ2v) is 12.6. The van der Waals surface area contributed by atoms with Crippen molar-refractivity contribution in [2.45, 2.75) is 37.1 Å². The summed E-state index contributed by atoms with van der Waals surface area (Å²) in [6.07, 6.45) is 1.79. The van der Waals surface area contributed by atoms with E-state index in [4.69, 9.17) is 28.2 Å². The van der Waals surface area contributed by atoms with Gasteiger partial charge in [-0.1, -0.05) is 40.6 Å². The van der Waals surface area contributed by atoms with Gasteiger partial charge in [-0.05, 0) is 82.7 Å². The van der Waals surface area contributed by atoms with Gasteiger partial charge in [0.25, 0.3) is 0 Å². The SMILES string of the molecule is Cc1ccc(Cl)c2sc(N(CCCN(C)C)C(=O)C3CCCN3S(=O)(=O)c3ccc(Cl)cc3)nc12. The lowest BCUT2D eigenvalue weighted by molar-refractivity contribution is -0.121. The van der Waals surface area contributed by atoms with Crippen LogP contribution in [0.5, 0.6) is 0 Å². The van der Waals surface area contributed by atoms with E-state index in [9.17, 15) is 13.2 Å². The minimum absolute atomic E-state index is 0.128. The van der Waals surface area contributed by atoms with Crippen molar-refractivity contribution in [3.8, 4) is 0 Å². The molecule has 1 amide bonds. The van der Waals surface area contributed by atoms with Gasteiger partial charge < -0.3 is 4.90 Å². The van der Waals surface area contributed by atoms with E-state index in [1.54, 1.807) is 17.0 Å². The van der Waals surface area contributed by atoms with Crippen molar-refractivity contribution >= 4 is 65.8 Å². The maximum absolute atomic E-state index is 13.9. The van der Waals surface area contributed by atoms with Gasteiger partial charge in [0, 0.05) is 18.1 Å². The summed E-state index contributed by atoms with van der Waals surface area (Å²) >= 11 is 13.7. The first kappa shape index (κ1) is 26.3. The molecule has 2 aromatic carbocycles. The Morgan fingerprint density at radius 2 is 1.86 bits per heavy atom. The summed E-state index contributed by atoms with van der Waals surface area (Å²) in [5.41, 5.74) is 1.74. The van der Waals surface area contributed by atoms with Crippen LogP contribution in [0.2, 0.25) is 10.0 Å². The highest BCUT2D eigenvalue weighted by atomic mass is 35.5. The van der Waals surface area contributed by atoms with E-state index in [2.05, 4.69) is 4.90 Å². The van der Waals surface area contributed by atoms with Crippen molar-refractivity contribution < 1.29 is 13.2 Å². The lowest BCUT2D eigenvalue weighted by Crippen LogP contribution is -2.48. The Balaban J connectivity index is 1.69. The van der Waals surface area contributed by atoms with Crippen molar-refractivity contribution in [3.63, 3.8) is 0 Å². The highest BCUT2D eigenvalue weighted by Crippen LogP contribution is 2.37. The van der Waals surface area contributed by atoms with Crippen molar-refractivity contribution in [3.05, 3.63) is 52.0 Å². The van der Waals surface area contributed by atoms with Crippen LogP contribution in [-0.2, 0) is 14.8 Å². The van der Waals surface area contributed by atoms with Crippen LogP contribution in [0.3, 0.4) is 0 Å². The Morgan fingerprint density at radius 1 is 1.14 bits per heavy atom. The Labute approximate surface area is 220 Å². The van der Waals surface area contributed by atoms with Crippen LogP contribution in [0.15, 0.2) is 41.3 Å². The number of thiazole rings is 1. The predicted octanol–water partition coefficient (Wildman–Crippen LogP) is 5.05. The molecule has 1 unspecified atom stereocenters. The fraction of sp³-hybridized carbons (Fsp3) is 0.417. The molecular formula is C24H28Cl2N4O3S2. The van der Waals surface area contributed by atoms with Gasteiger partial charge in [0.15, 0.2) is 5.13 Å². The maximum Gasteiger partial charge on any atom is 0.247 e. The molecule has 35 heavy (non-hydrogen) atoms. The summed E-state index contributed by atoms with van der Waals surface area (Å²) in [6, 6.07) is 8.98. The Hall–Kier alpha value is -1.75. The fourth-order valence-corrected chi connectivity index (χ4v) is 7.37. The third-order valence-electron chi connectivity index (χ3n) is 6.08. The van der Waals surface area contributed by atoms with Gasteiger partial charge in [-0.2, -0.15) is 4.31 Å². The molecule has 4 rings (SSSR count). The highest BCUT2D eigenvalue weighted by Gasteiger charge is 2.42. The Bertz CT molecular complexity index is 1290. The topological polar surface area (TPSA) is 73.8 Å². The molecule has 7 nitrogen and oxygen atoms in total. The lowest BCUT2D eigenvalue weighted by atomic mass is 10.2. The summed E-state index contributed by atoms with van der Waals surface area (Å²) in [7, 11) is 0.0966. The molecule has 0 bridgehead atoms. The molecule has 1 fully saturated rings. The van der Waals surface area contributed by atoms with E-state index in [0.717, 1.165) is 28.7 Å². The molecule has 3 aromatic rings. The standard InChI is InChI=1S/C24H28Cl2N4O3S2/c1-16-7-12-19(26)22-21(16)27-24(34-22)29(14-5-13-28(2)3)23(31)20-6-4-15-30(20)35(32,33)18-10-8-17(25)9-11-18/h7-12,20H,4-6,13-15H2,1-3H3. The first-order chi connectivity index (χ1) is 16.6. The average molecular weight is 556 g/mol. The van der Waals surface area contributed by atoms with E-state index in [1.165, 1.54) is 27.8 Å². The van der Waals surface area contributed by atoms with E-state index in [0.29, 0.717) is 34.6 Å². The molecular weight excluding hydrogens is 527 g/mol. The summed E-state index contributed by atoms with van der Waals surface area (Å²) in [5.74, 6) is -0.258. The highest BCUT2D eigenvalue weighted by molar-refractivity contribution is 7.89. The van der Waals surface area contributed by atoms with Crippen LogP contribution in [0, 0.1) is 6.92 Å². The predicted molar refractivity (Wildman–Crippen MR) is 143 cm³/mol. The first-order valence-corrected chi connectivity index (χ1v) is 14.4. The number of aryl methyl sites for hydroxylation is 1. The number of carbonyl (C=O) groups excluding carboxylic acids is 1. The quantitative estimate of drug-likeness (QED) is 0.389. The van der Waals surface area contributed by atoms with Crippen LogP contribution in [-0.4, -0.2) is 68.3 Å². The van der Waals surface area contributed by atoms with Crippen LogP contribution in [0.1, 0.15) is 24.8 Å². The number of hydrogen-bond acceptors (Lipinski definition) is 6. The van der Waals surface area contributed by atoms with E-state index in [-0.39, 0.29) is 17.3 Å². The zero-order chi connectivity index (χ0) is 25.3. The number of anilines is 1. The number of benzene rings is 2. The molecule has 1 aliphatic heterocycles. The molecule has 0 N–H and O–H groups in total. The van der Waals surface area contributed by atoms with Gasteiger partial charge in [0.1, 0.15) is 6.04 Å². The smallest absolute Gasteiger partial charge is 0.247 e. The number of halogens is 2. The molecule has 0 radical (unpaired) electrons. The number of nitrogens with zero attached hydrogens (tertiary/aromatic N) is 4. The van der Waals surface area contributed by atoms with Gasteiger partial charge in [-0.25, -0.2) is 13.4 Å². The summed E-state index contributed by atoms with van der Waals surface area (Å²) < 4.78 is 29.0. The number of rotatable bonds is 8. The average Bonchev–Trinajstić information content (AvgIpc) is 3.48. The number of hydrogen-bond donors (Lipinski definition) is 0. The van der Waals surface area contributed by atoms with Crippen LogP contribution in [0.25, 0.3) is 10.2 Å². The fourth-order valence-electron chi connectivity index (χ4n) is 4.25. The van der Waals surface area contributed by atoms with Crippen molar-refractivity contribution in [1.29, 1.82) is 0 Å². The molecule has 1 saturated heterocycles. The summed E-state index contributed by atoms with van der Waals surface area (Å²) in [4.78, 5) is 22.5. The molecule has 0 saturated carbocycles. The van der Waals surface area contributed by atoms with Crippen molar-refractivity contribution in [2.24, 2.45) is 0 Å². The number of aromatic nitrogens is 1. The molecule has 2 heterocycles. The molecule has 0 spiro atoms. The first-order valence-electron chi connectivity index (χ1n) is 11.4.